The molecule has 0 saturated carbocycles. The monoisotopic (exact) mass is 182 g/mol. The van der Waals surface area contributed by atoms with E-state index in [0.29, 0.717) is 5.56 Å². The highest BCUT2D eigenvalue weighted by atomic mass is 19.1. The summed E-state index contributed by atoms with van der Waals surface area (Å²) >= 11 is 0. The van der Waals surface area contributed by atoms with Gasteiger partial charge in [-0.3, -0.25) is 4.79 Å². The second-order valence-electron chi connectivity index (χ2n) is 2.65. The van der Waals surface area contributed by atoms with Gasteiger partial charge < -0.3 is 5.11 Å². The molecule has 1 aromatic rings. The summed E-state index contributed by atoms with van der Waals surface area (Å²) in [6.07, 6.45) is 0. The Labute approximate surface area is 73.8 Å². The number of ketones is 1. The van der Waals surface area contributed by atoms with Gasteiger partial charge in [0.05, 0.1) is 0 Å². The van der Waals surface area contributed by atoms with E-state index in [2.05, 4.69) is 0 Å². The Morgan fingerprint density at radius 1 is 1.31 bits per heavy atom. The minimum absolute atomic E-state index is 0.134. The van der Waals surface area contributed by atoms with Crippen LogP contribution in [-0.4, -0.2) is 16.9 Å². The fourth-order valence-corrected chi connectivity index (χ4v) is 0.991. The molecule has 0 aliphatic rings. The van der Waals surface area contributed by atoms with Crippen molar-refractivity contribution in [1.82, 2.24) is 0 Å². The molecule has 4 heteroatoms. The summed E-state index contributed by atoms with van der Waals surface area (Å²) in [5.41, 5.74) is 0.384. The number of carboxylic acids is 1. The molecule has 1 N–H and O–H groups in total. The van der Waals surface area contributed by atoms with Gasteiger partial charge in [-0.15, -0.1) is 0 Å². The van der Waals surface area contributed by atoms with Crippen molar-refractivity contribution < 1.29 is 19.1 Å². The number of Topliss-reactive ketones (excluding diaryl/α,β-unsaturated/α-hetero) is 1. The third kappa shape index (κ3) is 2.11. The van der Waals surface area contributed by atoms with E-state index in [-0.39, 0.29) is 5.56 Å². The number of carbonyl (C=O) groups is 2. The van der Waals surface area contributed by atoms with Crippen LogP contribution in [0.5, 0.6) is 0 Å². The number of carboxylic acid groups (broad SMARTS) is 1. The largest absolute Gasteiger partial charge is 0.475 e. The molecule has 0 spiro atoms. The molecule has 0 atom stereocenters. The van der Waals surface area contributed by atoms with Crippen molar-refractivity contribution in [2.45, 2.75) is 6.92 Å². The van der Waals surface area contributed by atoms with Crippen LogP contribution in [0.15, 0.2) is 18.2 Å². The number of rotatable bonds is 2. The summed E-state index contributed by atoms with van der Waals surface area (Å²) in [4.78, 5) is 21.1. The number of halogens is 1. The Balaban J connectivity index is 3.15. The second-order valence-corrected chi connectivity index (χ2v) is 2.65. The molecule has 1 rings (SSSR count). The average Bonchev–Trinajstić information content (AvgIpc) is 2.01. The lowest BCUT2D eigenvalue weighted by Gasteiger charge is -1.98. The highest BCUT2D eigenvalue weighted by molar-refractivity contribution is 6.39. The van der Waals surface area contributed by atoms with Crippen LogP contribution in [0, 0.1) is 12.7 Å². The van der Waals surface area contributed by atoms with Crippen molar-refractivity contribution in [2.24, 2.45) is 0 Å². The van der Waals surface area contributed by atoms with Gasteiger partial charge in [-0.1, -0.05) is 0 Å². The van der Waals surface area contributed by atoms with Gasteiger partial charge in [0.15, 0.2) is 0 Å². The lowest BCUT2D eigenvalue weighted by molar-refractivity contribution is -0.131. The van der Waals surface area contributed by atoms with E-state index < -0.39 is 17.6 Å². The predicted molar refractivity (Wildman–Crippen MR) is 43.1 cm³/mol. The van der Waals surface area contributed by atoms with Crippen LogP contribution in [0.2, 0.25) is 0 Å². The normalized spacial score (nSPS) is 9.69. The van der Waals surface area contributed by atoms with Gasteiger partial charge in [-0.25, -0.2) is 9.18 Å². The molecule has 0 bridgehead atoms. The second kappa shape index (κ2) is 3.35. The van der Waals surface area contributed by atoms with Crippen molar-refractivity contribution in [3.8, 4) is 0 Å². The highest BCUT2D eigenvalue weighted by Crippen LogP contribution is 2.08. The molecule has 0 fully saturated rings. The molecule has 0 amide bonds. The quantitative estimate of drug-likeness (QED) is 0.555. The smallest absolute Gasteiger partial charge is 0.377 e. The Morgan fingerprint density at radius 2 is 1.92 bits per heavy atom. The number of hydrogen-bond donors (Lipinski definition) is 1. The van der Waals surface area contributed by atoms with E-state index in [1.165, 1.54) is 12.1 Å². The number of aryl methyl sites for hydroxylation is 1. The molecule has 0 aliphatic heterocycles. The first-order valence-corrected chi connectivity index (χ1v) is 3.55. The lowest BCUT2D eigenvalue weighted by Crippen LogP contribution is -2.12. The maximum Gasteiger partial charge on any atom is 0.377 e. The van der Waals surface area contributed by atoms with E-state index in [9.17, 15) is 14.0 Å². The molecule has 0 unspecified atom stereocenters. The van der Waals surface area contributed by atoms with Gasteiger partial charge in [0.25, 0.3) is 5.78 Å². The zero-order valence-corrected chi connectivity index (χ0v) is 6.87. The summed E-state index contributed by atoms with van der Waals surface area (Å²) in [7, 11) is 0. The standard InChI is InChI=1S/C9H7FO3/c1-5-2-6(4-7(10)3-5)8(11)9(12)13/h2-4H,1H3,(H,12,13). The SMILES string of the molecule is Cc1cc(F)cc(C(=O)C(=O)O)c1. The van der Waals surface area contributed by atoms with Crippen molar-refractivity contribution in [2.75, 3.05) is 0 Å². The molecule has 0 aliphatic carbocycles. The molecular formula is C9H7FO3. The number of hydrogen-bond acceptors (Lipinski definition) is 2. The maximum absolute atomic E-state index is 12.7. The van der Waals surface area contributed by atoms with E-state index in [0.717, 1.165) is 6.07 Å². The van der Waals surface area contributed by atoms with Crippen LogP contribution in [0.3, 0.4) is 0 Å². The van der Waals surface area contributed by atoms with Crippen LogP contribution in [-0.2, 0) is 4.79 Å². The molecule has 0 saturated heterocycles. The molecule has 13 heavy (non-hydrogen) atoms. The summed E-state index contributed by atoms with van der Waals surface area (Å²) in [5.74, 6) is -3.28. The van der Waals surface area contributed by atoms with Crippen LogP contribution < -0.4 is 0 Å². The van der Waals surface area contributed by atoms with Crippen LogP contribution in [0.1, 0.15) is 15.9 Å². The van der Waals surface area contributed by atoms with E-state index >= 15 is 0 Å². The Morgan fingerprint density at radius 3 is 2.38 bits per heavy atom. The highest BCUT2D eigenvalue weighted by Gasteiger charge is 2.15. The van der Waals surface area contributed by atoms with E-state index in [1.807, 2.05) is 0 Å². The number of aliphatic carboxylic acids is 1. The maximum atomic E-state index is 12.7. The summed E-state index contributed by atoms with van der Waals surface area (Å²) in [5, 5.41) is 8.35. The summed E-state index contributed by atoms with van der Waals surface area (Å²) in [6, 6.07) is 3.46. The average molecular weight is 182 g/mol. The fourth-order valence-electron chi connectivity index (χ4n) is 0.991. The first-order valence-electron chi connectivity index (χ1n) is 3.55. The molecular weight excluding hydrogens is 175 g/mol. The summed E-state index contributed by atoms with van der Waals surface area (Å²) in [6.45, 7) is 1.59. The summed E-state index contributed by atoms with van der Waals surface area (Å²) < 4.78 is 12.7. The van der Waals surface area contributed by atoms with E-state index in [1.54, 1.807) is 6.92 Å². The zero-order valence-electron chi connectivity index (χ0n) is 6.87. The first kappa shape index (κ1) is 9.38. The minimum atomic E-state index is -1.58. The number of carbonyl (C=O) groups excluding carboxylic acids is 1. The van der Waals surface area contributed by atoms with Crippen LogP contribution >= 0.6 is 0 Å². The predicted octanol–water partition coefficient (Wildman–Crippen LogP) is 1.40. The van der Waals surface area contributed by atoms with Gasteiger partial charge in [0, 0.05) is 5.56 Å². The Kier molecular flexibility index (Phi) is 2.41. The molecule has 68 valence electrons. The molecule has 3 nitrogen and oxygen atoms in total. The van der Waals surface area contributed by atoms with Gasteiger partial charge in [0.2, 0.25) is 0 Å². The van der Waals surface area contributed by atoms with Gasteiger partial charge in [-0.2, -0.15) is 0 Å². The minimum Gasteiger partial charge on any atom is -0.475 e. The Bertz CT molecular complexity index is 351. The van der Waals surface area contributed by atoms with Crippen molar-refractivity contribution in [1.29, 1.82) is 0 Å². The molecule has 1 aromatic carbocycles. The molecule has 0 heterocycles. The topological polar surface area (TPSA) is 54.4 Å². The van der Waals surface area contributed by atoms with E-state index in [4.69, 9.17) is 5.11 Å². The fraction of sp³-hybridized carbons (Fsp3) is 0.111. The van der Waals surface area contributed by atoms with Gasteiger partial charge in [0.1, 0.15) is 5.82 Å². The van der Waals surface area contributed by atoms with Crippen LogP contribution in [0.25, 0.3) is 0 Å². The van der Waals surface area contributed by atoms with Gasteiger partial charge >= 0.3 is 5.97 Å². The zero-order chi connectivity index (χ0) is 10.0. The van der Waals surface area contributed by atoms with Crippen molar-refractivity contribution in [3.63, 3.8) is 0 Å². The molecule has 0 aromatic heterocycles. The third-order valence-electron chi connectivity index (χ3n) is 1.50. The van der Waals surface area contributed by atoms with Crippen LogP contribution in [0.4, 0.5) is 4.39 Å². The van der Waals surface area contributed by atoms with Crippen molar-refractivity contribution in [3.05, 3.63) is 35.1 Å². The number of benzene rings is 1. The lowest BCUT2D eigenvalue weighted by atomic mass is 10.1. The van der Waals surface area contributed by atoms with Gasteiger partial charge in [-0.05, 0) is 30.7 Å². The third-order valence-corrected chi connectivity index (χ3v) is 1.50. The first-order chi connectivity index (χ1) is 6.00. The van der Waals surface area contributed by atoms with Crippen molar-refractivity contribution >= 4 is 11.8 Å². The molecule has 0 radical (unpaired) electrons. The Hall–Kier alpha value is -1.71.